The molecule has 1 aromatic carbocycles. The Morgan fingerprint density at radius 3 is 2.93 bits per heavy atom. The minimum absolute atomic E-state index is 0.0617. The van der Waals surface area contributed by atoms with Gasteiger partial charge in [0, 0.05) is 23.9 Å². The van der Waals surface area contributed by atoms with Gasteiger partial charge >= 0.3 is 5.97 Å². The highest BCUT2D eigenvalue weighted by Gasteiger charge is 2.39. The largest absolute Gasteiger partial charge is 0.494 e. The molecule has 0 saturated heterocycles. The first-order valence-corrected chi connectivity index (χ1v) is 10.3. The molecule has 0 atom stereocenters. The summed E-state index contributed by atoms with van der Waals surface area (Å²) in [6.07, 6.45) is 7.10. The van der Waals surface area contributed by atoms with Crippen LogP contribution in [0.15, 0.2) is 36.7 Å². The lowest BCUT2D eigenvalue weighted by Crippen LogP contribution is -2.31. The van der Waals surface area contributed by atoms with Crippen LogP contribution in [0.4, 0.5) is 0 Å². The van der Waals surface area contributed by atoms with Gasteiger partial charge in [-0.25, -0.2) is 9.97 Å². The average Bonchev–Trinajstić information content (AvgIpc) is 3.08. The summed E-state index contributed by atoms with van der Waals surface area (Å²) in [6, 6.07) is 7.90. The molecule has 4 rings (SSSR count). The number of ether oxygens (including phenoxy) is 2. The van der Waals surface area contributed by atoms with E-state index in [9.17, 15) is 4.79 Å². The van der Waals surface area contributed by atoms with Crippen LogP contribution in [0.5, 0.6) is 5.75 Å². The van der Waals surface area contributed by atoms with Crippen LogP contribution < -0.4 is 4.74 Å². The predicted octanol–water partition coefficient (Wildman–Crippen LogP) is 4.90. The van der Waals surface area contributed by atoms with Gasteiger partial charge in [0.05, 0.1) is 25.3 Å². The molecular formula is C22H24ClN3O3. The molecule has 1 fully saturated rings. The van der Waals surface area contributed by atoms with Crippen molar-refractivity contribution in [1.29, 1.82) is 0 Å². The Bertz CT molecular complexity index is 1030. The summed E-state index contributed by atoms with van der Waals surface area (Å²) in [6.45, 7) is 2.83. The minimum atomic E-state index is -0.154. The van der Waals surface area contributed by atoms with Crippen molar-refractivity contribution in [3.05, 3.63) is 47.6 Å². The van der Waals surface area contributed by atoms with E-state index in [0.717, 1.165) is 54.0 Å². The fourth-order valence-corrected chi connectivity index (χ4v) is 4.01. The first-order valence-electron chi connectivity index (χ1n) is 9.95. The number of aromatic nitrogens is 3. The van der Waals surface area contributed by atoms with Crippen molar-refractivity contribution >= 4 is 23.1 Å². The van der Waals surface area contributed by atoms with Gasteiger partial charge in [0.25, 0.3) is 0 Å². The number of fused-ring (bicyclic) bond motifs is 1. The van der Waals surface area contributed by atoms with E-state index in [0.29, 0.717) is 11.8 Å². The highest BCUT2D eigenvalue weighted by molar-refractivity contribution is 6.33. The molecule has 2 heterocycles. The topological polar surface area (TPSA) is 65.7 Å². The maximum absolute atomic E-state index is 11.8. The standard InChI is InChI=1S/C22H24ClN3O3/c1-3-4-10-29-17-7-5-6-14(13-17)18-19-20(23)24-8-9-26(19)21(25-18)15-11-16(12-15)22(27)28-2/h5-9,13,15-16H,3-4,10-12H2,1-2H3/t15-,16-. The van der Waals surface area contributed by atoms with Gasteiger partial charge in [0.15, 0.2) is 5.15 Å². The summed E-state index contributed by atoms with van der Waals surface area (Å²) in [5, 5.41) is 0.405. The van der Waals surface area contributed by atoms with E-state index in [1.165, 1.54) is 7.11 Å². The van der Waals surface area contributed by atoms with E-state index in [4.69, 9.17) is 26.1 Å². The van der Waals surface area contributed by atoms with Crippen LogP contribution in [0.1, 0.15) is 44.3 Å². The summed E-state index contributed by atoms with van der Waals surface area (Å²) in [5.41, 5.74) is 2.48. The zero-order chi connectivity index (χ0) is 20.4. The molecule has 29 heavy (non-hydrogen) atoms. The monoisotopic (exact) mass is 413 g/mol. The molecule has 7 heteroatoms. The highest BCUT2D eigenvalue weighted by atomic mass is 35.5. The number of nitrogens with zero attached hydrogens (tertiary/aromatic N) is 3. The lowest BCUT2D eigenvalue weighted by Gasteiger charge is -2.32. The van der Waals surface area contributed by atoms with Gasteiger partial charge < -0.3 is 9.47 Å². The summed E-state index contributed by atoms with van der Waals surface area (Å²) in [7, 11) is 1.43. The Labute approximate surface area is 174 Å². The summed E-state index contributed by atoms with van der Waals surface area (Å²) < 4.78 is 12.7. The van der Waals surface area contributed by atoms with Crippen LogP contribution in [0.3, 0.4) is 0 Å². The lowest BCUT2D eigenvalue weighted by molar-refractivity contribution is -0.149. The number of hydrogen-bond donors (Lipinski definition) is 0. The maximum Gasteiger partial charge on any atom is 0.308 e. The third kappa shape index (κ3) is 3.81. The first-order chi connectivity index (χ1) is 14.1. The molecule has 152 valence electrons. The van der Waals surface area contributed by atoms with Crippen LogP contribution in [0.25, 0.3) is 16.8 Å². The third-order valence-electron chi connectivity index (χ3n) is 5.45. The third-order valence-corrected chi connectivity index (χ3v) is 5.73. The van der Waals surface area contributed by atoms with Crippen molar-refractivity contribution in [3.8, 4) is 17.0 Å². The summed E-state index contributed by atoms with van der Waals surface area (Å²) >= 11 is 6.46. The Kier molecular flexibility index (Phi) is 5.72. The van der Waals surface area contributed by atoms with E-state index in [-0.39, 0.29) is 17.8 Å². The van der Waals surface area contributed by atoms with Gasteiger partial charge in [-0.2, -0.15) is 0 Å². The molecule has 0 aliphatic heterocycles. The van der Waals surface area contributed by atoms with E-state index in [1.54, 1.807) is 6.20 Å². The first kappa shape index (κ1) is 19.7. The molecule has 0 amide bonds. The SMILES string of the molecule is CCCCOc1cccc(-c2nc([C@H]3C[C@H](C(=O)OC)C3)n3ccnc(Cl)c23)c1. The molecule has 0 unspecified atom stereocenters. The molecule has 0 N–H and O–H groups in total. The zero-order valence-corrected chi connectivity index (χ0v) is 17.4. The molecule has 3 aromatic rings. The number of carbonyl (C=O) groups excluding carboxylic acids is 1. The summed E-state index contributed by atoms with van der Waals surface area (Å²) in [4.78, 5) is 20.9. The van der Waals surface area contributed by atoms with Gasteiger partial charge in [-0.3, -0.25) is 9.20 Å². The van der Waals surface area contributed by atoms with Crippen LogP contribution in [-0.4, -0.2) is 34.1 Å². The second-order valence-electron chi connectivity index (χ2n) is 7.37. The predicted molar refractivity (Wildman–Crippen MR) is 111 cm³/mol. The number of carbonyl (C=O) groups is 1. The van der Waals surface area contributed by atoms with E-state index < -0.39 is 0 Å². The smallest absolute Gasteiger partial charge is 0.308 e. The van der Waals surface area contributed by atoms with Gasteiger partial charge in [-0.15, -0.1) is 0 Å². The van der Waals surface area contributed by atoms with Crippen molar-refractivity contribution in [1.82, 2.24) is 14.4 Å². The average molecular weight is 414 g/mol. The van der Waals surface area contributed by atoms with Gasteiger partial charge in [-0.1, -0.05) is 37.1 Å². The van der Waals surface area contributed by atoms with Gasteiger partial charge in [0.2, 0.25) is 0 Å². The minimum Gasteiger partial charge on any atom is -0.494 e. The molecule has 6 nitrogen and oxygen atoms in total. The Morgan fingerprint density at radius 2 is 2.17 bits per heavy atom. The zero-order valence-electron chi connectivity index (χ0n) is 16.6. The molecule has 1 aliphatic carbocycles. The number of rotatable bonds is 7. The summed E-state index contributed by atoms with van der Waals surface area (Å²) in [5.74, 6) is 1.68. The fourth-order valence-electron chi connectivity index (χ4n) is 3.77. The Hall–Kier alpha value is -2.60. The molecule has 1 aliphatic rings. The van der Waals surface area contributed by atoms with Crippen molar-refractivity contribution in [2.45, 2.75) is 38.5 Å². The van der Waals surface area contributed by atoms with Gasteiger partial charge in [0.1, 0.15) is 17.1 Å². The molecule has 0 radical (unpaired) electrons. The van der Waals surface area contributed by atoms with E-state index >= 15 is 0 Å². The number of benzene rings is 1. The van der Waals surface area contributed by atoms with Crippen LogP contribution in [0.2, 0.25) is 5.15 Å². The Balaban J connectivity index is 1.69. The van der Waals surface area contributed by atoms with Crippen molar-refractivity contribution in [3.63, 3.8) is 0 Å². The van der Waals surface area contributed by atoms with Crippen molar-refractivity contribution in [2.24, 2.45) is 5.92 Å². The quantitative estimate of drug-likeness (QED) is 0.407. The normalized spacial score (nSPS) is 18.4. The number of methoxy groups -OCH3 is 1. The molecular weight excluding hydrogens is 390 g/mol. The van der Waals surface area contributed by atoms with E-state index in [2.05, 4.69) is 11.9 Å². The number of unbranched alkanes of at least 4 members (excludes halogenated alkanes) is 1. The lowest BCUT2D eigenvalue weighted by atomic mass is 9.74. The number of hydrogen-bond acceptors (Lipinski definition) is 5. The molecule has 1 saturated carbocycles. The van der Waals surface area contributed by atoms with Crippen LogP contribution in [0, 0.1) is 5.92 Å². The highest BCUT2D eigenvalue weighted by Crippen LogP contribution is 2.43. The molecule has 2 aromatic heterocycles. The fraction of sp³-hybridized carbons (Fsp3) is 0.409. The maximum atomic E-state index is 11.8. The number of esters is 1. The van der Waals surface area contributed by atoms with Gasteiger partial charge in [-0.05, 0) is 31.4 Å². The molecule has 0 bridgehead atoms. The van der Waals surface area contributed by atoms with Crippen LogP contribution in [-0.2, 0) is 9.53 Å². The second kappa shape index (κ2) is 8.41. The Morgan fingerprint density at radius 1 is 1.34 bits per heavy atom. The van der Waals surface area contributed by atoms with Crippen molar-refractivity contribution < 1.29 is 14.3 Å². The number of imidazole rings is 1. The van der Waals surface area contributed by atoms with Crippen molar-refractivity contribution in [2.75, 3.05) is 13.7 Å². The number of halogens is 1. The van der Waals surface area contributed by atoms with Crippen LogP contribution >= 0.6 is 11.6 Å². The molecule has 0 spiro atoms. The second-order valence-corrected chi connectivity index (χ2v) is 7.73. The van der Waals surface area contributed by atoms with E-state index in [1.807, 2.05) is 34.9 Å².